The molecule has 0 aromatic heterocycles. The van der Waals surface area contributed by atoms with E-state index in [1.54, 1.807) is 0 Å². The van der Waals surface area contributed by atoms with Crippen molar-refractivity contribution in [1.82, 2.24) is 0 Å². The molecular formula is C18H18O3. The highest BCUT2D eigenvalue weighted by Gasteiger charge is 2.23. The van der Waals surface area contributed by atoms with Crippen LogP contribution in [0.15, 0.2) is 42.5 Å². The van der Waals surface area contributed by atoms with Crippen molar-refractivity contribution in [2.75, 3.05) is 0 Å². The zero-order valence-electron chi connectivity index (χ0n) is 11.9. The molecule has 0 heterocycles. The molecule has 3 rings (SSSR count). The maximum absolute atomic E-state index is 12.1. The summed E-state index contributed by atoms with van der Waals surface area (Å²) in [5.74, 6) is -0.0461. The molecule has 3 nitrogen and oxygen atoms in total. The fourth-order valence-electron chi connectivity index (χ4n) is 2.92. The van der Waals surface area contributed by atoms with Crippen molar-refractivity contribution < 1.29 is 14.3 Å². The normalized spacial score (nSPS) is 18.7. The number of ketones is 1. The summed E-state index contributed by atoms with van der Waals surface area (Å²) >= 11 is 0. The first kappa shape index (κ1) is 13.8. The Kier molecular flexibility index (Phi) is 4.00. The van der Waals surface area contributed by atoms with Gasteiger partial charge in [0.2, 0.25) is 0 Å². The van der Waals surface area contributed by atoms with Crippen LogP contribution in [0.2, 0.25) is 0 Å². The SMILES string of the molecule is O=C1CCCC(OC(=O)Cc2cccc3ccccc23)C1. The molecule has 0 bridgehead atoms. The van der Waals surface area contributed by atoms with E-state index in [9.17, 15) is 9.59 Å². The molecule has 0 spiro atoms. The second kappa shape index (κ2) is 6.08. The first-order valence-electron chi connectivity index (χ1n) is 7.40. The average Bonchev–Trinajstić information content (AvgIpc) is 2.47. The van der Waals surface area contributed by atoms with Crippen LogP contribution in [0.3, 0.4) is 0 Å². The molecule has 1 unspecified atom stereocenters. The predicted octanol–water partition coefficient (Wildman–Crippen LogP) is 3.44. The minimum absolute atomic E-state index is 0.198. The van der Waals surface area contributed by atoms with Gasteiger partial charge in [-0.3, -0.25) is 9.59 Å². The Balaban J connectivity index is 1.70. The van der Waals surface area contributed by atoms with E-state index in [2.05, 4.69) is 0 Å². The van der Waals surface area contributed by atoms with Gasteiger partial charge in [-0.25, -0.2) is 0 Å². The van der Waals surface area contributed by atoms with E-state index in [0.717, 1.165) is 29.2 Å². The number of benzene rings is 2. The maximum atomic E-state index is 12.1. The Morgan fingerprint density at radius 3 is 2.81 bits per heavy atom. The van der Waals surface area contributed by atoms with Crippen LogP contribution in [-0.2, 0) is 20.7 Å². The monoisotopic (exact) mass is 282 g/mol. The molecule has 108 valence electrons. The molecule has 1 aliphatic carbocycles. The summed E-state index contributed by atoms with van der Waals surface area (Å²) in [6.07, 6.45) is 2.65. The number of carbonyl (C=O) groups excluding carboxylic acids is 2. The lowest BCUT2D eigenvalue weighted by Gasteiger charge is -2.21. The molecule has 2 aromatic rings. The number of rotatable bonds is 3. The van der Waals surface area contributed by atoms with Gasteiger partial charge in [0, 0.05) is 12.8 Å². The molecular weight excluding hydrogens is 264 g/mol. The van der Waals surface area contributed by atoms with Crippen molar-refractivity contribution >= 4 is 22.5 Å². The number of Topliss-reactive ketones (excluding diaryl/α,β-unsaturated/α-hetero) is 1. The maximum Gasteiger partial charge on any atom is 0.310 e. The lowest BCUT2D eigenvalue weighted by atomic mass is 9.96. The number of ether oxygens (including phenoxy) is 1. The van der Waals surface area contributed by atoms with Gasteiger partial charge in [-0.15, -0.1) is 0 Å². The van der Waals surface area contributed by atoms with Gasteiger partial charge in [-0.1, -0.05) is 42.5 Å². The van der Waals surface area contributed by atoms with Gasteiger partial charge >= 0.3 is 5.97 Å². The molecule has 0 N–H and O–H groups in total. The minimum Gasteiger partial charge on any atom is -0.462 e. The highest BCUT2D eigenvalue weighted by molar-refractivity contribution is 5.89. The van der Waals surface area contributed by atoms with E-state index < -0.39 is 0 Å². The van der Waals surface area contributed by atoms with Crippen LogP contribution >= 0.6 is 0 Å². The zero-order valence-corrected chi connectivity index (χ0v) is 11.9. The topological polar surface area (TPSA) is 43.4 Å². The van der Waals surface area contributed by atoms with E-state index in [0.29, 0.717) is 12.8 Å². The quantitative estimate of drug-likeness (QED) is 0.810. The highest BCUT2D eigenvalue weighted by atomic mass is 16.5. The Morgan fingerprint density at radius 1 is 1.14 bits per heavy atom. The average molecular weight is 282 g/mol. The van der Waals surface area contributed by atoms with E-state index in [1.807, 2.05) is 42.5 Å². The van der Waals surface area contributed by atoms with Crippen molar-refractivity contribution in [2.45, 2.75) is 38.2 Å². The fourth-order valence-corrected chi connectivity index (χ4v) is 2.92. The van der Waals surface area contributed by atoms with Crippen molar-refractivity contribution in [3.8, 4) is 0 Å². The standard InChI is InChI=1S/C18H18O3/c19-15-8-4-9-16(12-15)21-18(20)11-14-7-3-6-13-5-1-2-10-17(13)14/h1-3,5-7,10,16H,4,8-9,11-12H2. The van der Waals surface area contributed by atoms with Gasteiger partial charge in [0.15, 0.2) is 0 Å². The van der Waals surface area contributed by atoms with Crippen LogP contribution in [-0.4, -0.2) is 17.9 Å². The van der Waals surface area contributed by atoms with Crippen molar-refractivity contribution in [2.24, 2.45) is 0 Å². The number of hydrogen-bond acceptors (Lipinski definition) is 3. The second-order valence-corrected chi connectivity index (χ2v) is 5.56. The first-order valence-corrected chi connectivity index (χ1v) is 7.40. The summed E-state index contributed by atoms with van der Waals surface area (Å²) in [5, 5.41) is 2.20. The second-order valence-electron chi connectivity index (χ2n) is 5.56. The van der Waals surface area contributed by atoms with Crippen molar-refractivity contribution in [1.29, 1.82) is 0 Å². The molecule has 1 aliphatic rings. The predicted molar refractivity (Wildman–Crippen MR) is 81.0 cm³/mol. The molecule has 2 aromatic carbocycles. The van der Waals surface area contributed by atoms with Crippen LogP contribution in [0.5, 0.6) is 0 Å². The summed E-state index contributed by atoms with van der Waals surface area (Å²) in [6, 6.07) is 13.9. The Labute approximate surface area is 123 Å². The summed E-state index contributed by atoms with van der Waals surface area (Å²) < 4.78 is 5.45. The van der Waals surface area contributed by atoms with E-state index >= 15 is 0 Å². The van der Waals surface area contributed by atoms with Gasteiger partial charge in [0.1, 0.15) is 11.9 Å². The van der Waals surface area contributed by atoms with Crippen LogP contribution in [0.4, 0.5) is 0 Å². The smallest absolute Gasteiger partial charge is 0.310 e. The molecule has 1 saturated carbocycles. The molecule has 1 fully saturated rings. The van der Waals surface area contributed by atoms with Crippen molar-refractivity contribution in [3.63, 3.8) is 0 Å². The first-order chi connectivity index (χ1) is 10.2. The van der Waals surface area contributed by atoms with Gasteiger partial charge < -0.3 is 4.74 Å². The molecule has 0 aliphatic heterocycles. The van der Waals surface area contributed by atoms with E-state index in [1.165, 1.54) is 0 Å². The Bertz CT molecular complexity index is 670. The van der Waals surface area contributed by atoms with Gasteiger partial charge in [0.25, 0.3) is 0 Å². The summed E-state index contributed by atoms with van der Waals surface area (Å²) in [7, 11) is 0. The third kappa shape index (κ3) is 3.30. The largest absolute Gasteiger partial charge is 0.462 e. The fraction of sp³-hybridized carbons (Fsp3) is 0.333. The number of esters is 1. The van der Waals surface area contributed by atoms with Crippen LogP contribution in [0.1, 0.15) is 31.2 Å². The third-order valence-corrected chi connectivity index (χ3v) is 3.95. The summed E-state index contributed by atoms with van der Waals surface area (Å²) in [5.41, 5.74) is 0.972. The number of fused-ring (bicyclic) bond motifs is 1. The summed E-state index contributed by atoms with van der Waals surface area (Å²) in [4.78, 5) is 23.5. The Morgan fingerprint density at radius 2 is 1.95 bits per heavy atom. The Hall–Kier alpha value is -2.16. The highest BCUT2D eigenvalue weighted by Crippen LogP contribution is 2.21. The molecule has 21 heavy (non-hydrogen) atoms. The van der Waals surface area contributed by atoms with Crippen molar-refractivity contribution in [3.05, 3.63) is 48.0 Å². The third-order valence-electron chi connectivity index (χ3n) is 3.95. The van der Waals surface area contributed by atoms with Gasteiger partial charge in [0.05, 0.1) is 6.42 Å². The molecule has 0 saturated heterocycles. The lowest BCUT2D eigenvalue weighted by Crippen LogP contribution is -2.26. The molecule has 0 amide bonds. The number of hydrogen-bond donors (Lipinski definition) is 0. The lowest BCUT2D eigenvalue weighted by molar-refractivity contribution is -0.150. The molecule has 3 heteroatoms. The molecule has 0 radical (unpaired) electrons. The zero-order chi connectivity index (χ0) is 14.7. The van der Waals surface area contributed by atoms with E-state index in [4.69, 9.17) is 4.74 Å². The van der Waals surface area contributed by atoms with Crippen LogP contribution in [0, 0.1) is 0 Å². The summed E-state index contributed by atoms with van der Waals surface area (Å²) in [6.45, 7) is 0. The number of carbonyl (C=O) groups is 2. The minimum atomic E-state index is -0.244. The van der Waals surface area contributed by atoms with E-state index in [-0.39, 0.29) is 24.3 Å². The van der Waals surface area contributed by atoms with Crippen LogP contribution in [0.25, 0.3) is 10.8 Å². The van der Waals surface area contributed by atoms with Gasteiger partial charge in [-0.2, -0.15) is 0 Å². The van der Waals surface area contributed by atoms with Crippen LogP contribution < -0.4 is 0 Å². The molecule has 1 atom stereocenters. The van der Waals surface area contributed by atoms with Gasteiger partial charge in [-0.05, 0) is 29.2 Å².